The molecule has 0 aliphatic rings. The Morgan fingerprint density at radius 3 is 2.40 bits per heavy atom. The standard InChI is InChI=1S/C5H13NO3S/c1-10(8,9)3-2-5(6)4-7/h5,7H,2-4,6H2,1H3/t5-/m1/s1. The van der Waals surface area contributed by atoms with E-state index in [4.69, 9.17) is 10.8 Å². The minimum Gasteiger partial charge on any atom is -0.395 e. The van der Waals surface area contributed by atoms with Crippen LogP contribution >= 0.6 is 0 Å². The van der Waals surface area contributed by atoms with Crippen LogP contribution in [0.25, 0.3) is 0 Å². The molecule has 3 N–H and O–H groups in total. The van der Waals surface area contributed by atoms with Gasteiger partial charge in [-0.15, -0.1) is 0 Å². The van der Waals surface area contributed by atoms with Crippen LogP contribution in [0.4, 0.5) is 0 Å². The Morgan fingerprint density at radius 2 is 2.10 bits per heavy atom. The fourth-order valence-corrected chi connectivity index (χ4v) is 1.19. The summed E-state index contributed by atoms with van der Waals surface area (Å²) in [6, 6.07) is -0.408. The molecule has 62 valence electrons. The average molecular weight is 167 g/mol. The second-order valence-electron chi connectivity index (χ2n) is 2.36. The SMILES string of the molecule is CS(=O)(=O)CC[C@@H](N)CO. The third-order valence-corrected chi connectivity index (χ3v) is 2.07. The van der Waals surface area contributed by atoms with E-state index in [1.54, 1.807) is 0 Å². The van der Waals surface area contributed by atoms with Crippen molar-refractivity contribution in [2.24, 2.45) is 5.73 Å². The molecular formula is C5H13NO3S. The van der Waals surface area contributed by atoms with Crippen LogP contribution < -0.4 is 5.73 Å². The Labute approximate surface area is 61.0 Å². The van der Waals surface area contributed by atoms with E-state index >= 15 is 0 Å². The van der Waals surface area contributed by atoms with Crippen LogP contribution in [-0.2, 0) is 9.84 Å². The van der Waals surface area contributed by atoms with Crippen LogP contribution in [0.3, 0.4) is 0 Å². The first-order chi connectivity index (χ1) is 4.45. The zero-order valence-corrected chi connectivity index (χ0v) is 6.76. The molecule has 0 saturated carbocycles. The van der Waals surface area contributed by atoms with E-state index in [0.29, 0.717) is 6.42 Å². The van der Waals surface area contributed by atoms with Gasteiger partial charge in [0.25, 0.3) is 0 Å². The average Bonchev–Trinajstić information content (AvgIpc) is 1.81. The molecule has 4 nitrogen and oxygen atoms in total. The highest BCUT2D eigenvalue weighted by molar-refractivity contribution is 7.90. The largest absolute Gasteiger partial charge is 0.395 e. The van der Waals surface area contributed by atoms with E-state index in [1.807, 2.05) is 0 Å². The molecule has 0 aliphatic carbocycles. The van der Waals surface area contributed by atoms with Crippen molar-refractivity contribution in [3.63, 3.8) is 0 Å². The van der Waals surface area contributed by atoms with Crippen LogP contribution in [0.2, 0.25) is 0 Å². The van der Waals surface area contributed by atoms with Gasteiger partial charge in [-0.2, -0.15) is 0 Å². The molecular weight excluding hydrogens is 154 g/mol. The molecule has 0 rings (SSSR count). The molecule has 5 heteroatoms. The van der Waals surface area contributed by atoms with Gasteiger partial charge in [0, 0.05) is 12.3 Å². The molecule has 0 heterocycles. The van der Waals surface area contributed by atoms with Crippen molar-refractivity contribution in [2.75, 3.05) is 18.6 Å². The summed E-state index contributed by atoms with van der Waals surface area (Å²) >= 11 is 0. The number of nitrogens with two attached hydrogens (primary N) is 1. The minimum absolute atomic E-state index is 0.0503. The monoisotopic (exact) mass is 167 g/mol. The van der Waals surface area contributed by atoms with Crippen molar-refractivity contribution in [3.8, 4) is 0 Å². The first-order valence-electron chi connectivity index (χ1n) is 3.00. The predicted octanol–water partition coefficient (Wildman–Crippen LogP) is -1.26. The van der Waals surface area contributed by atoms with Gasteiger partial charge in [-0.25, -0.2) is 8.42 Å². The van der Waals surface area contributed by atoms with E-state index < -0.39 is 15.9 Å². The van der Waals surface area contributed by atoms with Gasteiger partial charge in [-0.1, -0.05) is 0 Å². The number of rotatable bonds is 4. The number of aliphatic hydroxyl groups excluding tert-OH is 1. The maximum absolute atomic E-state index is 10.5. The van der Waals surface area contributed by atoms with Crippen LogP contribution in [0.1, 0.15) is 6.42 Å². The predicted molar refractivity (Wildman–Crippen MR) is 39.4 cm³/mol. The molecule has 10 heavy (non-hydrogen) atoms. The Balaban J connectivity index is 3.56. The number of aliphatic hydroxyl groups is 1. The van der Waals surface area contributed by atoms with E-state index in [0.717, 1.165) is 6.26 Å². The Kier molecular flexibility index (Phi) is 3.85. The van der Waals surface area contributed by atoms with Crippen molar-refractivity contribution in [2.45, 2.75) is 12.5 Å². The highest BCUT2D eigenvalue weighted by Crippen LogP contribution is 1.91. The molecule has 0 bridgehead atoms. The van der Waals surface area contributed by atoms with Crippen LogP contribution in [-0.4, -0.2) is 38.2 Å². The number of sulfone groups is 1. The topological polar surface area (TPSA) is 80.4 Å². The van der Waals surface area contributed by atoms with Crippen molar-refractivity contribution in [1.29, 1.82) is 0 Å². The van der Waals surface area contributed by atoms with Gasteiger partial charge in [0.2, 0.25) is 0 Å². The summed E-state index contributed by atoms with van der Waals surface area (Å²) in [5.74, 6) is 0.0503. The third kappa shape index (κ3) is 6.00. The third-order valence-electron chi connectivity index (χ3n) is 1.09. The fourth-order valence-electron chi connectivity index (χ4n) is 0.457. The summed E-state index contributed by atoms with van der Waals surface area (Å²) in [4.78, 5) is 0. The molecule has 0 radical (unpaired) electrons. The normalized spacial score (nSPS) is 15.1. The summed E-state index contributed by atoms with van der Waals surface area (Å²) < 4.78 is 21.0. The Bertz CT molecular complexity index is 175. The first kappa shape index (κ1) is 9.87. The summed E-state index contributed by atoms with van der Waals surface area (Å²) in [6.07, 6.45) is 1.48. The van der Waals surface area contributed by atoms with Crippen LogP contribution in [0.15, 0.2) is 0 Å². The molecule has 0 aromatic heterocycles. The highest BCUT2D eigenvalue weighted by Gasteiger charge is 2.05. The van der Waals surface area contributed by atoms with E-state index in [1.165, 1.54) is 0 Å². The van der Waals surface area contributed by atoms with Crippen molar-refractivity contribution in [1.82, 2.24) is 0 Å². The van der Waals surface area contributed by atoms with Gasteiger partial charge in [0.15, 0.2) is 0 Å². The molecule has 0 unspecified atom stereocenters. The maximum Gasteiger partial charge on any atom is 0.147 e. The quantitative estimate of drug-likeness (QED) is 0.547. The molecule has 0 aromatic rings. The van der Waals surface area contributed by atoms with Gasteiger partial charge in [-0.05, 0) is 6.42 Å². The van der Waals surface area contributed by atoms with Gasteiger partial charge < -0.3 is 10.8 Å². The fraction of sp³-hybridized carbons (Fsp3) is 1.00. The lowest BCUT2D eigenvalue weighted by Gasteiger charge is -2.04. The molecule has 0 amide bonds. The van der Waals surface area contributed by atoms with Gasteiger partial charge in [0.05, 0.1) is 12.4 Å². The Hall–Kier alpha value is -0.130. The molecule has 0 aliphatic heterocycles. The smallest absolute Gasteiger partial charge is 0.147 e. The van der Waals surface area contributed by atoms with Gasteiger partial charge in [-0.3, -0.25) is 0 Å². The number of hydrogen-bond donors (Lipinski definition) is 2. The summed E-state index contributed by atoms with van der Waals surface area (Å²) in [6.45, 7) is -0.157. The van der Waals surface area contributed by atoms with Gasteiger partial charge in [0.1, 0.15) is 9.84 Å². The van der Waals surface area contributed by atoms with E-state index in [-0.39, 0.29) is 12.4 Å². The zero-order chi connectivity index (χ0) is 8.20. The lowest BCUT2D eigenvalue weighted by molar-refractivity contribution is 0.263. The highest BCUT2D eigenvalue weighted by atomic mass is 32.2. The Morgan fingerprint density at radius 1 is 1.60 bits per heavy atom. The van der Waals surface area contributed by atoms with Crippen molar-refractivity contribution >= 4 is 9.84 Å². The molecule has 1 atom stereocenters. The number of hydrogen-bond acceptors (Lipinski definition) is 4. The van der Waals surface area contributed by atoms with Gasteiger partial charge >= 0.3 is 0 Å². The molecule has 0 aromatic carbocycles. The lowest BCUT2D eigenvalue weighted by atomic mass is 10.3. The van der Waals surface area contributed by atoms with E-state index in [9.17, 15) is 8.42 Å². The van der Waals surface area contributed by atoms with Crippen LogP contribution in [0.5, 0.6) is 0 Å². The van der Waals surface area contributed by atoms with Crippen molar-refractivity contribution in [3.05, 3.63) is 0 Å². The molecule has 0 spiro atoms. The molecule has 0 fully saturated rings. The minimum atomic E-state index is -2.92. The first-order valence-corrected chi connectivity index (χ1v) is 5.06. The van der Waals surface area contributed by atoms with Crippen molar-refractivity contribution < 1.29 is 13.5 Å². The van der Waals surface area contributed by atoms with Crippen LogP contribution in [0, 0.1) is 0 Å². The lowest BCUT2D eigenvalue weighted by Crippen LogP contribution is -2.26. The maximum atomic E-state index is 10.5. The molecule has 0 saturated heterocycles. The summed E-state index contributed by atoms with van der Waals surface area (Å²) in [7, 11) is -2.92. The second kappa shape index (κ2) is 3.90. The zero-order valence-electron chi connectivity index (χ0n) is 5.95. The second-order valence-corrected chi connectivity index (χ2v) is 4.62. The summed E-state index contributed by atoms with van der Waals surface area (Å²) in [5.41, 5.74) is 5.27. The summed E-state index contributed by atoms with van der Waals surface area (Å²) in [5, 5.41) is 8.41. The van der Waals surface area contributed by atoms with E-state index in [2.05, 4.69) is 0 Å².